The van der Waals surface area contributed by atoms with Crippen LogP contribution in [0.1, 0.15) is 47.2 Å². The first kappa shape index (κ1) is 18.2. The monoisotopic (exact) mass is 344 g/mol. The summed E-state index contributed by atoms with van der Waals surface area (Å²) in [4.78, 5) is 34.4. The molecule has 0 aliphatic heterocycles. The second kappa shape index (κ2) is 8.09. The van der Waals surface area contributed by atoms with Gasteiger partial charge in [-0.2, -0.15) is 5.10 Å². The van der Waals surface area contributed by atoms with Crippen molar-refractivity contribution in [3.8, 4) is 0 Å². The van der Waals surface area contributed by atoms with E-state index in [1.165, 1.54) is 0 Å². The summed E-state index contributed by atoms with van der Waals surface area (Å²) in [6.45, 7) is 4.00. The van der Waals surface area contributed by atoms with Gasteiger partial charge in [0, 0.05) is 30.0 Å². The maximum absolute atomic E-state index is 12.2. The average molecular weight is 344 g/mol. The van der Waals surface area contributed by atoms with Gasteiger partial charge in [0.2, 0.25) is 0 Å². The molecule has 0 atom stereocenters. The van der Waals surface area contributed by atoms with Gasteiger partial charge in [-0.05, 0) is 44.2 Å². The number of nitrogens with zero attached hydrogens (tertiary/aromatic N) is 2. The molecular weight excluding hydrogens is 324 g/mol. The van der Waals surface area contributed by atoms with E-state index in [1.54, 1.807) is 41.2 Å². The maximum atomic E-state index is 12.2. The molecule has 0 unspecified atom stereocenters. The van der Waals surface area contributed by atoms with Gasteiger partial charge < -0.3 is 15.7 Å². The van der Waals surface area contributed by atoms with Gasteiger partial charge in [-0.1, -0.05) is 0 Å². The molecule has 0 radical (unpaired) electrons. The zero-order valence-corrected chi connectivity index (χ0v) is 14.0. The first-order chi connectivity index (χ1) is 11.9. The van der Waals surface area contributed by atoms with Crippen molar-refractivity contribution in [2.75, 3.05) is 11.9 Å². The lowest BCUT2D eigenvalue weighted by molar-refractivity contribution is -0.136. The van der Waals surface area contributed by atoms with Gasteiger partial charge >= 0.3 is 5.97 Å². The molecule has 0 aliphatic rings. The van der Waals surface area contributed by atoms with Crippen molar-refractivity contribution in [2.45, 2.75) is 26.3 Å². The molecule has 0 aliphatic carbocycles. The molecule has 0 fully saturated rings. The van der Waals surface area contributed by atoms with Gasteiger partial charge in [-0.3, -0.25) is 19.1 Å². The highest BCUT2D eigenvalue weighted by molar-refractivity contribution is 6.03. The zero-order chi connectivity index (χ0) is 18.4. The number of amides is 2. The Morgan fingerprint density at radius 3 is 2.36 bits per heavy atom. The molecule has 2 rings (SSSR count). The predicted octanol–water partition coefficient (Wildman–Crippen LogP) is 1.92. The van der Waals surface area contributed by atoms with Gasteiger partial charge in [0.1, 0.15) is 0 Å². The second-order valence-corrected chi connectivity index (χ2v) is 5.71. The van der Waals surface area contributed by atoms with Gasteiger partial charge in [0.25, 0.3) is 11.8 Å². The van der Waals surface area contributed by atoms with Crippen LogP contribution in [0.4, 0.5) is 5.69 Å². The molecule has 8 heteroatoms. The van der Waals surface area contributed by atoms with E-state index in [4.69, 9.17) is 5.11 Å². The number of rotatable bonds is 7. The van der Waals surface area contributed by atoms with Gasteiger partial charge in [0.05, 0.1) is 6.42 Å². The molecule has 3 N–H and O–H groups in total. The van der Waals surface area contributed by atoms with E-state index in [0.717, 1.165) is 0 Å². The topological polar surface area (TPSA) is 113 Å². The Balaban J connectivity index is 1.94. The van der Waals surface area contributed by atoms with Crippen molar-refractivity contribution >= 4 is 23.5 Å². The first-order valence-corrected chi connectivity index (χ1v) is 7.83. The standard InChI is InChI=1S/C17H20N4O4/c1-11(2)21-10-8-14(20-21)17(25)19-13-5-3-12(4-6-13)16(24)18-9-7-15(22)23/h3-6,8,10-11H,7,9H2,1-2H3,(H,18,24)(H,19,25)(H,22,23). The molecule has 0 saturated carbocycles. The van der Waals surface area contributed by atoms with E-state index in [-0.39, 0.29) is 30.8 Å². The van der Waals surface area contributed by atoms with Crippen molar-refractivity contribution in [3.63, 3.8) is 0 Å². The van der Waals surface area contributed by atoms with Crippen molar-refractivity contribution in [1.29, 1.82) is 0 Å². The van der Waals surface area contributed by atoms with E-state index in [2.05, 4.69) is 15.7 Å². The minimum Gasteiger partial charge on any atom is -0.481 e. The molecule has 2 amide bonds. The summed E-state index contributed by atoms with van der Waals surface area (Å²) in [7, 11) is 0. The normalized spacial score (nSPS) is 10.5. The summed E-state index contributed by atoms with van der Waals surface area (Å²) in [6, 6.07) is 8.11. The summed E-state index contributed by atoms with van der Waals surface area (Å²) < 4.78 is 1.69. The minimum absolute atomic E-state index is 0.0607. The second-order valence-electron chi connectivity index (χ2n) is 5.71. The number of carbonyl (C=O) groups is 3. The van der Waals surface area contributed by atoms with Gasteiger partial charge in [-0.25, -0.2) is 0 Å². The number of hydrogen-bond donors (Lipinski definition) is 3. The summed E-state index contributed by atoms with van der Waals surface area (Å²) in [6.07, 6.45) is 1.60. The van der Waals surface area contributed by atoms with Crippen LogP contribution in [-0.2, 0) is 4.79 Å². The Hall–Kier alpha value is -3.16. The maximum Gasteiger partial charge on any atom is 0.305 e. The summed E-state index contributed by atoms with van der Waals surface area (Å²) >= 11 is 0. The molecule has 1 heterocycles. The highest BCUT2D eigenvalue weighted by Gasteiger charge is 2.12. The van der Waals surface area contributed by atoms with Crippen LogP contribution < -0.4 is 10.6 Å². The predicted molar refractivity (Wildman–Crippen MR) is 91.6 cm³/mol. The molecule has 132 valence electrons. The summed E-state index contributed by atoms with van der Waals surface area (Å²) in [5, 5.41) is 18.0. The lowest BCUT2D eigenvalue weighted by atomic mass is 10.2. The molecule has 8 nitrogen and oxygen atoms in total. The van der Waals surface area contributed by atoms with Crippen molar-refractivity contribution in [1.82, 2.24) is 15.1 Å². The van der Waals surface area contributed by atoms with Crippen LogP contribution in [-0.4, -0.2) is 39.2 Å². The Labute approximate surface area is 144 Å². The fourth-order valence-electron chi connectivity index (χ4n) is 2.03. The van der Waals surface area contributed by atoms with Crippen LogP contribution in [0.25, 0.3) is 0 Å². The van der Waals surface area contributed by atoms with Crippen LogP contribution >= 0.6 is 0 Å². The summed E-state index contributed by atoms with van der Waals surface area (Å²) in [5.74, 6) is -1.67. The number of carbonyl (C=O) groups excluding carboxylic acids is 2. The molecular formula is C17H20N4O4. The molecule has 2 aromatic rings. The van der Waals surface area contributed by atoms with Gasteiger partial charge in [0.15, 0.2) is 5.69 Å². The van der Waals surface area contributed by atoms with E-state index in [1.807, 2.05) is 13.8 Å². The first-order valence-electron chi connectivity index (χ1n) is 7.83. The Bertz CT molecular complexity index is 765. The third-order valence-corrected chi connectivity index (χ3v) is 3.40. The van der Waals surface area contributed by atoms with E-state index >= 15 is 0 Å². The molecule has 25 heavy (non-hydrogen) atoms. The Morgan fingerprint density at radius 2 is 1.80 bits per heavy atom. The minimum atomic E-state index is -0.974. The smallest absolute Gasteiger partial charge is 0.305 e. The highest BCUT2D eigenvalue weighted by Crippen LogP contribution is 2.12. The largest absolute Gasteiger partial charge is 0.481 e. The number of carboxylic acids is 1. The number of hydrogen-bond acceptors (Lipinski definition) is 4. The van der Waals surface area contributed by atoms with Crippen LogP contribution in [0, 0.1) is 0 Å². The van der Waals surface area contributed by atoms with Crippen molar-refractivity contribution in [2.24, 2.45) is 0 Å². The third-order valence-electron chi connectivity index (χ3n) is 3.40. The Morgan fingerprint density at radius 1 is 1.12 bits per heavy atom. The Kier molecular flexibility index (Phi) is 5.89. The van der Waals surface area contributed by atoms with E-state index < -0.39 is 5.97 Å². The van der Waals surface area contributed by atoms with E-state index in [0.29, 0.717) is 16.9 Å². The summed E-state index contributed by atoms with van der Waals surface area (Å²) in [5.41, 5.74) is 1.22. The van der Waals surface area contributed by atoms with Crippen LogP contribution in [0.3, 0.4) is 0 Å². The number of carboxylic acid groups (broad SMARTS) is 1. The number of aromatic nitrogens is 2. The molecule has 1 aromatic carbocycles. The lowest BCUT2D eigenvalue weighted by Gasteiger charge is -2.07. The van der Waals surface area contributed by atoms with Crippen molar-refractivity contribution in [3.05, 3.63) is 47.8 Å². The average Bonchev–Trinajstić information content (AvgIpc) is 3.05. The molecule has 0 bridgehead atoms. The quantitative estimate of drug-likeness (QED) is 0.710. The lowest BCUT2D eigenvalue weighted by Crippen LogP contribution is -2.25. The number of benzene rings is 1. The van der Waals surface area contributed by atoms with Gasteiger partial charge in [-0.15, -0.1) is 0 Å². The SMILES string of the molecule is CC(C)n1ccc(C(=O)Nc2ccc(C(=O)NCCC(=O)O)cc2)n1. The fraction of sp³-hybridized carbons (Fsp3) is 0.294. The van der Waals surface area contributed by atoms with Crippen molar-refractivity contribution < 1.29 is 19.5 Å². The molecule has 1 aromatic heterocycles. The third kappa shape index (κ3) is 5.17. The molecule has 0 saturated heterocycles. The zero-order valence-electron chi connectivity index (χ0n) is 14.0. The van der Waals surface area contributed by atoms with Crippen LogP contribution in [0.5, 0.6) is 0 Å². The van der Waals surface area contributed by atoms with Crippen LogP contribution in [0.2, 0.25) is 0 Å². The molecule has 0 spiro atoms. The number of nitrogens with one attached hydrogen (secondary N) is 2. The van der Waals surface area contributed by atoms with Crippen LogP contribution in [0.15, 0.2) is 36.5 Å². The number of anilines is 1. The number of aliphatic carboxylic acids is 1. The fourth-order valence-corrected chi connectivity index (χ4v) is 2.03. The van der Waals surface area contributed by atoms with E-state index in [9.17, 15) is 14.4 Å². The highest BCUT2D eigenvalue weighted by atomic mass is 16.4.